The van der Waals surface area contributed by atoms with E-state index < -0.39 is 0 Å². The maximum Gasteiger partial charge on any atom is 0.244 e. The lowest BCUT2D eigenvalue weighted by Crippen LogP contribution is -2.40. The van der Waals surface area contributed by atoms with Gasteiger partial charge in [-0.1, -0.05) is 23.7 Å². The van der Waals surface area contributed by atoms with Crippen LogP contribution in [0, 0.1) is 0 Å². The maximum atomic E-state index is 13.0. The van der Waals surface area contributed by atoms with Crippen LogP contribution < -0.4 is 14.8 Å². The average molecular weight is 499 g/mol. The highest BCUT2D eigenvalue weighted by molar-refractivity contribution is 6.31. The van der Waals surface area contributed by atoms with Crippen LogP contribution in [-0.2, 0) is 27.8 Å². The number of ether oxygens (including phenoxy) is 3. The van der Waals surface area contributed by atoms with Crippen LogP contribution >= 0.6 is 11.6 Å². The third-order valence-corrected chi connectivity index (χ3v) is 5.58. The lowest BCUT2D eigenvalue weighted by atomic mass is 10.2. The molecule has 4 rings (SSSR count). The first-order valence-electron chi connectivity index (χ1n) is 11.3. The second-order valence-electron chi connectivity index (χ2n) is 8.04. The first kappa shape index (κ1) is 24.6. The van der Waals surface area contributed by atoms with Crippen LogP contribution in [0.1, 0.15) is 12.0 Å². The molecule has 2 heterocycles. The Balaban J connectivity index is 1.52. The van der Waals surface area contributed by atoms with Crippen molar-refractivity contribution in [2.45, 2.75) is 12.8 Å². The molecule has 0 spiro atoms. The number of amides is 2. The zero-order chi connectivity index (χ0) is 24.6. The van der Waals surface area contributed by atoms with Crippen LogP contribution in [0.15, 0.2) is 54.9 Å². The Kier molecular flexibility index (Phi) is 8.23. The van der Waals surface area contributed by atoms with Gasteiger partial charge >= 0.3 is 0 Å². The minimum Gasteiger partial charge on any atom is -0.487 e. The number of hydrogen-bond acceptors (Lipinski definition) is 6. The molecule has 9 nitrogen and oxygen atoms in total. The first-order valence-corrected chi connectivity index (χ1v) is 11.7. The molecule has 3 aromatic rings. The van der Waals surface area contributed by atoms with Crippen molar-refractivity contribution in [3.05, 3.63) is 65.4 Å². The van der Waals surface area contributed by atoms with Gasteiger partial charge in [-0.25, -0.2) is 0 Å². The highest BCUT2D eigenvalue weighted by atomic mass is 35.5. The Bertz CT molecular complexity index is 1180. The van der Waals surface area contributed by atoms with Gasteiger partial charge in [0, 0.05) is 31.2 Å². The van der Waals surface area contributed by atoms with Crippen molar-refractivity contribution in [1.82, 2.24) is 14.7 Å². The number of carbonyl (C=O) groups excluding carboxylic acids is 2. The number of carbonyl (C=O) groups is 2. The van der Waals surface area contributed by atoms with E-state index in [4.69, 9.17) is 25.8 Å². The molecule has 2 aromatic carbocycles. The summed E-state index contributed by atoms with van der Waals surface area (Å²) in [4.78, 5) is 27.4. The van der Waals surface area contributed by atoms with Crippen molar-refractivity contribution in [3.8, 4) is 17.2 Å². The van der Waals surface area contributed by atoms with Gasteiger partial charge in [0.25, 0.3) is 0 Å². The molecule has 0 aliphatic carbocycles. The Labute approximate surface area is 208 Å². The number of benzene rings is 2. The summed E-state index contributed by atoms with van der Waals surface area (Å²) in [5, 5.41) is 7.39. The first-order chi connectivity index (χ1) is 17.0. The number of rotatable bonds is 3. The molecule has 0 bridgehead atoms. The monoisotopic (exact) mass is 498 g/mol. The highest BCUT2D eigenvalue weighted by Crippen LogP contribution is 2.36. The molecule has 0 saturated heterocycles. The van der Waals surface area contributed by atoms with Crippen molar-refractivity contribution in [3.63, 3.8) is 0 Å². The molecular formula is C25H27ClN4O5. The number of nitrogens with one attached hydrogen (secondary N) is 1. The summed E-state index contributed by atoms with van der Waals surface area (Å²) < 4.78 is 19.2. The largest absolute Gasteiger partial charge is 0.487 e. The summed E-state index contributed by atoms with van der Waals surface area (Å²) in [6, 6.07) is 12.2. The van der Waals surface area contributed by atoms with E-state index in [1.165, 1.54) is 4.90 Å². The smallest absolute Gasteiger partial charge is 0.244 e. The minimum atomic E-state index is -0.369. The fraction of sp³-hybridized carbons (Fsp3) is 0.320. The highest BCUT2D eigenvalue weighted by Gasteiger charge is 2.20. The zero-order valence-corrected chi connectivity index (χ0v) is 20.2. The van der Waals surface area contributed by atoms with Gasteiger partial charge in [0.15, 0.2) is 17.2 Å². The fourth-order valence-electron chi connectivity index (χ4n) is 3.61. The van der Waals surface area contributed by atoms with E-state index in [0.717, 1.165) is 5.56 Å². The Morgan fingerprint density at radius 1 is 1.11 bits per heavy atom. The number of aromatic nitrogens is 2. The van der Waals surface area contributed by atoms with Crippen LogP contribution in [0.5, 0.6) is 17.2 Å². The van der Waals surface area contributed by atoms with Gasteiger partial charge < -0.3 is 24.4 Å². The van der Waals surface area contributed by atoms with Crippen molar-refractivity contribution in [2.75, 3.05) is 38.2 Å². The Morgan fingerprint density at radius 2 is 1.94 bits per heavy atom. The average Bonchev–Trinajstić information content (AvgIpc) is 3.26. The summed E-state index contributed by atoms with van der Waals surface area (Å²) in [6.45, 7) is 1.04. The molecule has 0 fully saturated rings. The number of para-hydroxylation sites is 2. The number of fused-ring (bicyclic) bond motifs is 2. The maximum absolute atomic E-state index is 13.0. The van der Waals surface area contributed by atoms with E-state index in [0.29, 0.717) is 47.6 Å². The Morgan fingerprint density at radius 3 is 2.74 bits per heavy atom. The number of aryl methyl sites for hydroxylation is 2. The number of hydrogen-bond donors (Lipinski definition) is 1. The van der Waals surface area contributed by atoms with Crippen molar-refractivity contribution < 1.29 is 23.8 Å². The molecule has 2 amide bonds. The summed E-state index contributed by atoms with van der Waals surface area (Å²) in [5.41, 5.74) is 1.35. The predicted molar refractivity (Wildman–Crippen MR) is 131 cm³/mol. The molecule has 0 saturated carbocycles. The van der Waals surface area contributed by atoms with E-state index >= 15 is 0 Å². The van der Waals surface area contributed by atoms with Crippen LogP contribution in [-0.4, -0.2) is 59.4 Å². The van der Waals surface area contributed by atoms with Gasteiger partial charge in [0.2, 0.25) is 11.8 Å². The van der Waals surface area contributed by atoms with Crippen LogP contribution in [0.2, 0.25) is 5.02 Å². The molecule has 35 heavy (non-hydrogen) atoms. The van der Waals surface area contributed by atoms with E-state index in [-0.39, 0.29) is 37.9 Å². The van der Waals surface area contributed by atoms with Crippen molar-refractivity contribution in [2.24, 2.45) is 7.05 Å². The van der Waals surface area contributed by atoms with Gasteiger partial charge in [-0.15, -0.1) is 0 Å². The van der Waals surface area contributed by atoms with Gasteiger partial charge in [0.1, 0.15) is 6.61 Å². The number of anilines is 1. The van der Waals surface area contributed by atoms with Gasteiger partial charge in [-0.2, -0.15) is 5.10 Å². The standard InChI is InChI=1S/C25H27ClN4O5/c1-29-16-18(15-27-29)6-9-25(32)30-10-11-33-12-13-34-22-4-2-3-5-23(22)35-21-8-7-19(26)14-20(21)28-24(31)17-30/h2-5,7-8,14-16H,6,9-13,17H2,1H3,(H,28,31). The molecule has 184 valence electrons. The molecule has 0 radical (unpaired) electrons. The predicted octanol–water partition coefficient (Wildman–Crippen LogP) is 3.67. The lowest BCUT2D eigenvalue weighted by Gasteiger charge is -2.22. The number of nitrogens with zero attached hydrogens (tertiary/aromatic N) is 3. The minimum absolute atomic E-state index is 0.131. The second-order valence-corrected chi connectivity index (χ2v) is 8.47. The van der Waals surface area contributed by atoms with E-state index in [9.17, 15) is 9.59 Å². The zero-order valence-electron chi connectivity index (χ0n) is 19.4. The van der Waals surface area contributed by atoms with E-state index in [2.05, 4.69) is 10.4 Å². The summed E-state index contributed by atoms with van der Waals surface area (Å²) >= 11 is 6.18. The summed E-state index contributed by atoms with van der Waals surface area (Å²) in [7, 11) is 1.83. The van der Waals surface area contributed by atoms with Gasteiger partial charge in [0.05, 0.1) is 31.6 Å². The fourth-order valence-corrected chi connectivity index (χ4v) is 3.79. The lowest BCUT2D eigenvalue weighted by molar-refractivity contribution is -0.135. The van der Waals surface area contributed by atoms with Crippen LogP contribution in [0.3, 0.4) is 0 Å². The third kappa shape index (κ3) is 6.97. The van der Waals surface area contributed by atoms with E-state index in [1.807, 2.05) is 25.4 Å². The molecule has 1 aliphatic heterocycles. The number of halogens is 1. The topological polar surface area (TPSA) is 94.9 Å². The SMILES string of the molecule is Cn1cc(CCC(=O)N2CCOCCOc3ccccc3Oc3ccc(Cl)cc3NC(=O)C2)cn1. The molecule has 0 unspecified atom stereocenters. The molecule has 1 N–H and O–H groups in total. The van der Waals surface area contributed by atoms with Gasteiger partial charge in [-0.3, -0.25) is 14.3 Å². The molecule has 0 atom stereocenters. The summed E-state index contributed by atoms with van der Waals surface area (Å²) in [5.74, 6) is 0.923. The third-order valence-electron chi connectivity index (χ3n) is 5.35. The molecule has 1 aliphatic rings. The van der Waals surface area contributed by atoms with Crippen LogP contribution in [0.4, 0.5) is 5.69 Å². The van der Waals surface area contributed by atoms with Crippen molar-refractivity contribution >= 4 is 29.1 Å². The quantitative estimate of drug-likeness (QED) is 0.592. The van der Waals surface area contributed by atoms with Crippen molar-refractivity contribution in [1.29, 1.82) is 0 Å². The molecule has 1 aromatic heterocycles. The molecular weight excluding hydrogens is 472 g/mol. The second kappa shape index (κ2) is 11.7. The Hall–Kier alpha value is -3.56. The summed E-state index contributed by atoms with van der Waals surface area (Å²) in [6.07, 6.45) is 4.38. The van der Waals surface area contributed by atoms with Crippen LogP contribution in [0.25, 0.3) is 0 Å². The molecule has 10 heteroatoms. The van der Waals surface area contributed by atoms with E-state index in [1.54, 1.807) is 41.2 Å². The normalized spacial score (nSPS) is 14.9. The van der Waals surface area contributed by atoms with Gasteiger partial charge in [-0.05, 0) is 42.3 Å².